The molecule has 0 aromatic heterocycles. The minimum absolute atomic E-state index is 0.0799. The van der Waals surface area contributed by atoms with Gasteiger partial charge in [-0.1, -0.05) is 29.3 Å². The first-order valence-corrected chi connectivity index (χ1v) is 8.66. The van der Waals surface area contributed by atoms with E-state index in [1.54, 1.807) is 12.1 Å². The summed E-state index contributed by atoms with van der Waals surface area (Å²) in [6.07, 6.45) is 0. The highest BCUT2D eigenvalue weighted by atomic mass is 35.5. The lowest BCUT2D eigenvalue weighted by Crippen LogP contribution is -2.26. The van der Waals surface area contributed by atoms with Crippen LogP contribution in [0.15, 0.2) is 41.3 Å². The summed E-state index contributed by atoms with van der Waals surface area (Å²) in [6, 6.07) is 7.01. The molecule has 0 heterocycles. The fourth-order valence-electron chi connectivity index (χ4n) is 1.95. The molecular weight excluding hydrogens is 382 g/mol. The van der Waals surface area contributed by atoms with Gasteiger partial charge in [-0.05, 0) is 29.8 Å². The number of halogens is 3. The van der Waals surface area contributed by atoms with Gasteiger partial charge >= 0.3 is 5.69 Å². The lowest BCUT2D eigenvalue weighted by Gasteiger charge is -2.18. The van der Waals surface area contributed by atoms with Crippen molar-refractivity contribution in [3.05, 3.63) is 67.9 Å². The van der Waals surface area contributed by atoms with Gasteiger partial charge in [0.05, 0.1) is 9.82 Å². The molecule has 2 rings (SSSR count). The van der Waals surface area contributed by atoms with Gasteiger partial charge in [-0.2, -0.15) is 8.70 Å². The average Bonchev–Trinajstić information content (AvgIpc) is 2.49. The number of nitro groups is 1. The Labute approximate surface area is 147 Å². The smallest absolute Gasteiger partial charge is 0.258 e. The molecule has 0 aliphatic heterocycles. The van der Waals surface area contributed by atoms with Crippen LogP contribution in [0.4, 0.5) is 10.1 Å². The van der Waals surface area contributed by atoms with E-state index in [0.717, 1.165) is 16.4 Å². The standard InChI is InChI=1S/C14H11Cl2FN2O4S/c1-18(8-9-2-3-10(15)6-12(9)16)24(22,23)11-4-5-13(17)14(7-11)19(20)21/h2-7H,8H2,1H3. The summed E-state index contributed by atoms with van der Waals surface area (Å²) in [6.45, 7) is -0.0799. The maximum absolute atomic E-state index is 13.4. The van der Waals surface area contributed by atoms with Crippen LogP contribution in [0.5, 0.6) is 0 Å². The molecule has 24 heavy (non-hydrogen) atoms. The van der Waals surface area contributed by atoms with Crippen molar-refractivity contribution in [3.8, 4) is 0 Å². The Balaban J connectivity index is 2.36. The van der Waals surface area contributed by atoms with Crippen LogP contribution in [0.2, 0.25) is 10.0 Å². The summed E-state index contributed by atoms with van der Waals surface area (Å²) in [5.41, 5.74) is -0.405. The molecule has 0 spiro atoms. The molecule has 0 saturated carbocycles. The summed E-state index contributed by atoms with van der Waals surface area (Å²) in [5.74, 6) is -1.11. The van der Waals surface area contributed by atoms with E-state index in [0.29, 0.717) is 16.7 Å². The topological polar surface area (TPSA) is 80.5 Å². The van der Waals surface area contributed by atoms with Crippen molar-refractivity contribution < 1.29 is 17.7 Å². The zero-order valence-electron chi connectivity index (χ0n) is 12.2. The molecule has 0 aliphatic carbocycles. The minimum Gasteiger partial charge on any atom is -0.258 e. The molecule has 128 valence electrons. The van der Waals surface area contributed by atoms with E-state index in [1.807, 2.05) is 0 Å². The van der Waals surface area contributed by atoms with Gasteiger partial charge in [0, 0.05) is 29.7 Å². The van der Waals surface area contributed by atoms with Crippen LogP contribution in [0.25, 0.3) is 0 Å². The van der Waals surface area contributed by atoms with Crippen LogP contribution in [0, 0.1) is 15.9 Å². The number of sulfonamides is 1. The number of hydrogen-bond acceptors (Lipinski definition) is 4. The van der Waals surface area contributed by atoms with Crippen molar-refractivity contribution in [2.75, 3.05) is 7.05 Å². The fourth-order valence-corrected chi connectivity index (χ4v) is 3.59. The lowest BCUT2D eigenvalue weighted by atomic mass is 10.2. The van der Waals surface area contributed by atoms with Gasteiger partial charge in [-0.15, -0.1) is 0 Å². The summed E-state index contributed by atoms with van der Waals surface area (Å²) in [5, 5.41) is 11.5. The average molecular weight is 393 g/mol. The van der Waals surface area contributed by atoms with E-state index < -0.39 is 26.5 Å². The van der Waals surface area contributed by atoms with E-state index in [-0.39, 0.29) is 16.5 Å². The van der Waals surface area contributed by atoms with Crippen LogP contribution < -0.4 is 0 Å². The Morgan fingerprint density at radius 3 is 2.46 bits per heavy atom. The third-order valence-electron chi connectivity index (χ3n) is 3.23. The highest BCUT2D eigenvalue weighted by molar-refractivity contribution is 7.89. The van der Waals surface area contributed by atoms with E-state index in [1.165, 1.54) is 13.1 Å². The molecule has 0 unspecified atom stereocenters. The summed E-state index contributed by atoms with van der Waals surface area (Å²) < 4.78 is 39.3. The Morgan fingerprint density at radius 1 is 1.21 bits per heavy atom. The van der Waals surface area contributed by atoms with Crippen molar-refractivity contribution in [1.82, 2.24) is 4.31 Å². The molecule has 0 N–H and O–H groups in total. The SMILES string of the molecule is CN(Cc1ccc(Cl)cc1Cl)S(=O)(=O)c1ccc(F)c([N+](=O)[O-])c1. The van der Waals surface area contributed by atoms with Crippen LogP contribution >= 0.6 is 23.2 Å². The largest absolute Gasteiger partial charge is 0.306 e. The van der Waals surface area contributed by atoms with Crippen molar-refractivity contribution >= 4 is 38.9 Å². The number of hydrogen-bond donors (Lipinski definition) is 0. The highest BCUT2D eigenvalue weighted by Gasteiger charge is 2.25. The van der Waals surface area contributed by atoms with Gasteiger partial charge in [-0.25, -0.2) is 8.42 Å². The predicted molar refractivity (Wildman–Crippen MR) is 88.2 cm³/mol. The zero-order valence-corrected chi connectivity index (χ0v) is 14.6. The lowest BCUT2D eigenvalue weighted by molar-refractivity contribution is -0.387. The van der Waals surface area contributed by atoms with Crippen molar-refractivity contribution in [2.24, 2.45) is 0 Å². The molecular formula is C14H11Cl2FN2O4S. The zero-order chi connectivity index (χ0) is 18.1. The van der Waals surface area contributed by atoms with Gasteiger partial charge in [0.25, 0.3) is 0 Å². The van der Waals surface area contributed by atoms with Gasteiger partial charge in [0.15, 0.2) is 0 Å². The quantitative estimate of drug-likeness (QED) is 0.571. The molecule has 10 heteroatoms. The number of nitro benzene ring substituents is 1. The second-order valence-corrected chi connectivity index (χ2v) is 7.76. The molecule has 0 amide bonds. The van der Waals surface area contributed by atoms with Crippen LogP contribution in [0.3, 0.4) is 0 Å². The summed E-state index contributed by atoms with van der Waals surface area (Å²) >= 11 is 11.8. The molecule has 0 radical (unpaired) electrons. The molecule has 0 aliphatic rings. The number of benzene rings is 2. The molecule has 0 saturated heterocycles. The van der Waals surface area contributed by atoms with Gasteiger partial charge in [0.1, 0.15) is 0 Å². The van der Waals surface area contributed by atoms with Gasteiger partial charge in [-0.3, -0.25) is 10.1 Å². The summed E-state index contributed by atoms with van der Waals surface area (Å²) in [7, 11) is -2.78. The van der Waals surface area contributed by atoms with E-state index in [9.17, 15) is 22.9 Å². The molecule has 0 bridgehead atoms. The monoisotopic (exact) mass is 392 g/mol. The second-order valence-electron chi connectivity index (χ2n) is 4.87. The molecule has 0 atom stereocenters. The highest BCUT2D eigenvalue weighted by Crippen LogP contribution is 2.26. The normalized spacial score (nSPS) is 11.7. The molecule has 0 fully saturated rings. The third-order valence-corrected chi connectivity index (χ3v) is 5.62. The van der Waals surface area contributed by atoms with Crippen molar-refractivity contribution in [1.29, 1.82) is 0 Å². The predicted octanol–water partition coefficient (Wildman–Crippen LogP) is 3.86. The maximum Gasteiger partial charge on any atom is 0.306 e. The third kappa shape index (κ3) is 3.84. The molecule has 6 nitrogen and oxygen atoms in total. The maximum atomic E-state index is 13.4. The number of nitrogens with zero attached hydrogens (tertiary/aromatic N) is 2. The fraction of sp³-hybridized carbons (Fsp3) is 0.143. The Hall–Kier alpha value is -1.74. The molecule has 2 aromatic carbocycles. The second kappa shape index (κ2) is 7.02. The van der Waals surface area contributed by atoms with Crippen molar-refractivity contribution in [3.63, 3.8) is 0 Å². The van der Waals surface area contributed by atoms with Gasteiger partial charge in [0.2, 0.25) is 15.8 Å². The van der Waals surface area contributed by atoms with E-state index in [2.05, 4.69) is 0 Å². The Morgan fingerprint density at radius 2 is 1.88 bits per heavy atom. The van der Waals surface area contributed by atoms with Crippen LogP contribution in [0.1, 0.15) is 5.56 Å². The Bertz CT molecular complexity index is 906. The number of rotatable bonds is 5. The van der Waals surface area contributed by atoms with E-state index >= 15 is 0 Å². The first kappa shape index (κ1) is 18.6. The van der Waals surface area contributed by atoms with Gasteiger partial charge < -0.3 is 0 Å². The van der Waals surface area contributed by atoms with Crippen LogP contribution in [-0.2, 0) is 16.6 Å². The minimum atomic E-state index is -4.07. The first-order valence-electron chi connectivity index (χ1n) is 6.47. The summed E-state index contributed by atoms with van der Waals surface area (Å²) in [4.78, 5) is 9.40. The first-order chi connectivity index (χ1) is 11.1. The van der Waals surface area contributed by atoms with Crippen molar-refractivity contribution in [2.45, 2.75) is 11.4 Å². The van der Waals surface area contributed by atoms with Crippen LogP contribution in [-0.4, -0.2) is 24.7 Å². The Kier molecular flexibility index (Phi) is 5.44. The van der Waals surface area contributed by atoms with E-state index in [4.69, 9.17) is 23.2 Å². The molecule has 2 aromatic rings.